The molecule has 0 radical (unpaired) electrons. The number of morpholine rings is 1. The number of benzene rings is 2. The molecule has 4 aromatic rings. The van der Waals surface area contributed by atoms with E-state index in [9.17, 15) is 4.79 Å². The number of ether oxygens (including phenoxy) is 3. The number of carbonyl (C=O) groups is 1. The second-order valence-electron chi connectivity index (χ2n) is 10.9. The first-order valence-corrected chi connectivity index (χ1v) is 15.0. The molecule has 0 atom stereocenters. The van der Waals surface area contributed by atoms with E-state index in [4.69, 9.17) is 14.2 Å². The van der Waals surface area contributed by atoms with Crippen molar-refractivity contribution in [3.05, 3.63) is 79.2 Å². The average molecular weight is 614 g/mol. The Hall–Kier alpha value is -4.97. The average Bonchev–Trinajstić information content (AvgIpc) is 3.09. The Kier molecular flexibility index (Phi) is 9.20. The van der Waals surface area contributed by atoms with Gasteiger partial charge in [0, 0.05) is 49.7 Å². The maximum atomic E-state index is 15.3. The van der Waals surface area contributed by atoms with Gasteiger partial charge in [0.25, 0.3) is 0 Å². The number of fused-ring (bicyclic) bond motifs is 1. The number of anilines is 4. The third-order valence-electron chi connectivity index (χ3n) is 8.06. The minimum atomic E-state index is -0.484. The van der Waals surface area contributed by atoms with E-state index in [2.05, 4.69) is 37.1 Å². The van der Waals surface area contributed by atoms with Crippen molar-refractivity contribution in [1.82, 2.24) is 19.9 Å². The van der Waals surface area contributed by atoms with E-state index in [1.807, 2.05) is 30.5 Å². The highest BCUT2D eigenvalue weighted by atomic mass is 19.1. The van der Waals surface area contributed by atoms with Crippen LogP contribution in [0.15, 0.2) is 67.6 Å². The summed E-state index contributed by atoms with van der Waals surface area (Å²) in [5, 5.41) is 7.37. The molecular formula is C33H36FN7O4. The lowest BCUT2D eigenvalue weighted by atomic mass is 10.0. The number of nitrogens with one attached hydrogen (secondary N) is 2. The molecule has 45 heavy (non-hydrogen) atoms. The highest BCUT2D eigenvalue weighted by molar-refractivity contribution is 5.95. The number of hydrogen-bond acceptors (Lipinski definition) is 10. The summed E-state index contributed by atoms with van der Waals surface area (Å²) >= 11 is 0. The minimum Gasteiger partial charge on any atom is -0.495 e. The van der Waals surface area contributed by atoms with Crippen LogP contribution in [0.3, 0.4) is 0 Å². The number of pyridine rings is 1. The fraction of sp³-hybridized carbons (Fsp3) is 0.333. The Bertz CT molecular complexity index is 1660. The van der Waals surface area contributed by atoms with Gasteiger partial charge in [-0.3, -0.25) is 9.78 Å². The molecule has 0 unspecified atom stereocenters. The highest BCUT2D eigenvalue weighted by Crippen LogP contribution is 2.35. The summed E-state index contributed by atoms with van der Waals surface area (Å²) in [6.07, 6.45) is 6.17. The molecule has 2 saturated heterocycles. The topological polar surface area (TPSA) is 114 Å². The zero-order valence-corrected chi connectivity index (χ0v) is 25.2. The zero-order chi connectivity index (χ0) is 31.2. The molecule has 0 aliphatic carbocycles. The molecule has 0 bridgehead atoms. The van der Waals surface area contributed by atoms with Crippen molar-refractivity contribution in [2.75, 3.05) is 62.0 Å². The van der Waals surface area contributed by atoms with E-state index in [-0.39, 0.29) is 24.2 Å². The number of halogens is 1. The zero-order valence-electron chi connectivity index (χ0n) is 25.2. The second-order valence-corrected chi connectivity index (χ2v) is 10.9. The molecule has 2 N–H and O–H groups in total. The number of hydrogen-bond donors (Lipinski definition) is 2. The minimum absolute atomic E-state index is 0.0529. The fourth-order valence-corrected chi connectivity index (χ4v) is 5.54. The number of piperidine rings is 1. The van der Waals surface area contributed by atoms with Gasteiger partial charge in [-0.05, 0) is 49.2 Å². The van der Waals surface area contributed by atoms with Gasteiger partial charge >= 0.3 is 0 Å². The molecule has 4 heterocycles. The summed E-state index contributed by atoms with van der Waals surface area (Å²) in [6.45, 7) is 8.19. The molecule has 2 aliphatic heterocycles. The number of rotatable bonds is 10. The molecule has 1 amide bonds. The molecule has 0 spiro atoms. The van der Waals surface area contributed by atoms with E-state index in [0.29, 0.717) is 54.5 Å². The SMILES string of the molecule is C=CC(=O)N1CCC(Nc2cc3c(Nc4ccc(OCc5ccc(N6CCOCC6)cn5)cc4F)ncnc3cc2OC)CC1. The fourth-order valence-electron chi connectivity index (χ4n) is 5.54. The summed E-state index contributed by atoms with van der Waals surface area (Å²) in [4.78, 5) is 29.3. The highest BCUT2D eigenvalue weighted by Gasteiger charge is 2.23. The maximum Gasteiger partial charge on any atom is 0.245 e. The number of amides is 1. The number of carbonyl (C=O) groups excluding carboxylic acids is 1. The third kappa shape index (κ3) is 7.07. The Morgan fingerprint density at radius 1 is 1.07 bits per heavy atom. The molecule has 2 aromatic heterocycles. The first-order valence-electron chi connectivity index (χ1n) is 15.0. The summed E-state index contributed by atoms with van der Waals surface area (Å²) in [6, 6.07) is 12.5. The van der Waals surface area contributed by atoms with Crippen LogP contribution in [-0.4, -0.2) is 78.3 Å². The van der Waals surface area contributed by atoms with Crippen molar-refractivity contribution >= 4 is 39.7 Å². The second kappa shape index (κ2) is 13.8. The van der Waals surface area contributed by atoms with Crippen LogP contribution in [0.2, 0.25) is 0 Å². The summed E-state index contributed by atoms with van der Waals surface area (Å²) in [5.74, 6) is 0.941. The summed E-state index contributed by atoms with van der Waals surface area (Å²) < 4.78 is 32.1. The van der Waals surface area contributed by atoms with Crippen LogP contribution in [0.4, 0.5) is 27.3 Å². The van der Waals surface area contributed by atoms with Gasteiger partial charge in [-0.1, -0.05) is 6.58 Å². The van der Waals surface area contributed by atoms with Crippen molar-refractivity contribution in [3.8, 4) is 11.5 Å². The van der Waals surface area contributed by atoms with Gasteiger partial charge in [0.15, 0.2) is 0 Å². The van der Waals surface area contributed by atoms with Crippen molar-refractivity contribution in [2.24, 2.45) is 0 Å². The third-order valence-corrected chi connectivity index (χ3v) is 8.06. The van der Waals surface area contributed by atoms with Gasteiger partial charge in [0.05, 0.1) is 54.8 Å². The van der Waals surface area contributed by atoms with Crippen LogP contribution in [-0.2, 0) is 16.1 Å². The first kappa shape index (κ1) is 30.1. The number of methoxy groups -OCH3 is 1. The normalized spacial score (nSPS) is 15.5. The Labute approximate surface area is 261 Å². The molecule has 0 saturated carbocycles. The van der Waals surface area contributed by atoms with E-state index < -0.39 is 5.82 Å². The number of nitrogens with zero attached hydrogens (tertiary/aromatic N) is 5. The molecule has 2 aliphatic rings. The van der Waals surface area contributed by atoms with Crippen LogP contribution in [0.1, 0.15) is 18.5 Å². The summed E-state index contributed by atoms with van der Waals surface area (Å²) in [5.41, 5.74) is 3.46. The van der Waals surface area contributed by atoms with E-state index in [1.165, 1.54) is 18.5 Å². The molecular weight excluding hydrogens is 577 g/mol. The standard InChI is InChI=1S/C33H36FN7O4/c1-3-32(42)41-10-8-22(9-11-41)38-30-17-26-29(18-31(30)43-2)36-21-37-33(26)39-28-7-6-25(16-27(28)34)45-20-23-4-5-24(19-35-23)40-12-14-44-15-13-40/h3-7,16-19,21-22,38H,1,8-15,20H2,2H3,(H,36,37,39). The van der Waals surface area contributed by atoms with Crippen LogP contribution in [0, 0.1) is 5.82 Å². The lowest BCUT2D eigenvalue weighted by molar-refractivity contribution is -0.126. The van der Waals surface area contributed by atoms with E-state index >= 15 is 4.39 Å². The van der Waals surface area contributed by atoms with E-state index in [1.54, 1.807) is 24.1 Å². The smallest absolute Gasteiger partial charge is 0.245 e. The van der Waals surface area contributed by atoms with Crippen LogP contribution >= 0.6 is 0 Å². The lowest BCUT2D eigenvalue weighted by Crippen LogP contribution is -2.41. The molecule has 6 rings (SSSR count). The quantitative estimate of drug-likeness (QED) is 0.239. The molecule has 11 nitrogen and oxygen atoms in total. The summed E-state index contributed by atoms with van der Waals surface area (Å²) in [7, 11) is 1.60. The van der Waals surface area contributed by atoms with Gasteiger partial charge in [-0.25, -0.2) is 14.4 Å². The van der Waals surface area contributed by atoms with Crippen LogP contribution < -0.4 is 25.0 Å². The monoisotopic (exact) mass is 613 g/mol. The molecule has 2 aromatic carbocycles. The lowest BCUT2D eigenvalue weighted by Gasteiger charge is -2.32. The Balaban J connectivity index is 1.12. The predicted octanol–water partition coefficient (Wildman–Crippen LogP) is 4.92. The van der Waals surface area contributed by atoms with Crippen LogP contribution in [0.25, 0.3) is 10.9 Å². The first-order chi connectivity index (χ1) is 22.0. The Morgan fingerprint density at radius 2 is 1.89 bits per heavy atom. The van der Waals surface area contributed by atoms with Crippen molar-refractivity contribution in [2.45, 2.75) is 25.5 Å². The van der Waals surface area contributed by atoms with E-state index in [0.717, 1.165) is 43.0 Å². The van der Waals surface area contributed by atoms with Gasteiger partial charge in [0.2, 0.25) is 5.91 Å². The van der Waals surface area contributed by atoms with Crippen molar-refractivity contribution in [1.29, 1.82) is 0 Å². The number of aromatic nitrogens is 3. The van der Waals surface area contributed by atoms with Crippen molar-refractivity contribution < 1.29 is 23.4 Å². The molecule has 234 valence electrons. The van der Waals surface area contributed by atoms with Gasteiger partial charge < -0.3 is 34.6 Å². The predicted molar refractivity (Wildman–Crippen MR) is 171 cm³/mol. The van der Waals surface area contributed by atoms with Crippen molar-refractivity contribution in [3.63, 3.8) is 0 Å². The van der Waals surface area contributed by atoms with Gasteiger partial charge in [0.1, 0.15) is 36.1 Å². The number of likely N-dealkylation sites (tertiary alicyclic amines) is 1. The molecule has 12 heteroatoms. The van der Waals surface area contributed by atoms with Crippen LogP contribution in [0.5, 0.6) is 11.5 Å². The molecule has 2 fully saturated rings. The largest absolute Gasteiger partial charge is 0.495 e. The maximum absolute atomic E-state index is 15.3. The van der Waals surface area contributed by atoms with Gasteiger partial charge in [-0.2, -0.15) is 0 Å². The Morgan fingerprint density at radius 3 is 2.60 bits per heavy atom. The van der Waals surface area contributed by atoms with Gasteiger partial charge in [-0.15, -0.1) is 0 Å².